The highest BCUT2D eigenvalue weighted by atomic mass is 16.3. The van der Waals surface area contributed by atoms with E-state index in [9.17, 15) is 0 Å². The first-order valence-electron chi connectivity index (χ1n) is 23.1. The lowest BCUT2D eigenvalue weighted by Crippen LogP contribution is -2.16. The number of nitrogens with zero attached hydrogens (tertiary/aromatic N) is 2. The number of furan rings is 2. The Hall–Kier alpha value is -8.60. The van der Waals surface area contributed by atoms with Crippen LogP contribution in [0.3, 0.4) is 0 Å². The van der Waals surface area contributed by atoms with E-state index >= 15 is 0 Å². The lowest BCUT2D eigenvalue weighted by Gasteiger charge is -2.29. The number of hydrogen-bond acceptors (Lipinski definition) is 3. The SMILES string of the molecule is CC1(C)c2ccccc2-c2c(N(c3ccc(-c4cccc5oc6ccc(-c7ccc8c(c7)c7ccccc7n8-c7ccccc7)cc6c45)cc3)c3cccc4c3oc3ccccc34)cccc21. The van der Waals surface area contributed by atoms with Crippen molar-refractivity contribution >= 4 is 82.7 Å². The molecule has 0 N–H and O–H groups in total. The normalized spacial score (nSPS) is 13.0. The molecule has 0 saturated carbocycles. The maximum Gasteiger partial charge on any atom is 0.159 e. The van der Waals surface area contributed by atoms with Crippen LogP contribution in [0.2, 0.25) is 0 Å². The molecule has 67 heavy (non-hydrogen) atoms. The van der Waals surface area contributed by atoms with E-state index in [4.69, 9.17) is 8.83 Å². The van der Waals surface area contributed by atoms with Crippen molar-refractivity contribution in [3.63, 3.8) is 0 Å². The molecule has 10 aromatic carbocycles. The molecule has 0 fully saturated rings. The fourth-order valence-corrected chi connectivity index (χ4v) is 11.3. The fourth-order valence-electron chi connectivity index (χ4n) is 11.3. The van der Waals surface area contributed by atoms with Crippen LogP contribution in [0.25, 0.3) is 105 Å². The molecule has 0 spiro atoms. The standard InChI is InChI=1S/C63H42N2O2/c1-63(2)51-22-9-6-19-48(51)61-52(63)23-14-25-55(61)65(56-26-12-21-47-46-18-8-11-27-57(46)67-62(47)56)43-33-29-39(30-34-43)44-20-13-28-59-60(44)50-38-41(32-36-58(50)66-59)40-31-35-54-49(37-40)45-17-7-10-24-53(45)64(54)42-15-4-3-5-16-42/h3-38H,1-2H3. The van der Waals surface area contributed by atoms with Crippen LogP contribution in [0.5, 0.6) is 0 Å². The third kappa shape index (κ3) is 5.54. The lowest BCUT2D eigenvalue weighted by molar-refractivity contribution is 0.660. The van der Waals surface area contributed by atoms with E-state index in [2.05, 4.69) is 236 Å². The summed E-state index contributed by atoms with van der Waals surface area (Å²) in [4.78, 5) is 2.40. The monoisotopic (exact) mass is 858 g/mol. The molecule has 316 valence electrons. The van der Waals surface area contributed by atoms with Crippen molar-refractivity contribution in [1.29, 1.82) is 0 Å². The van der Waals surface area contributed by atoms with Gasteiger partial charge >= 0.3 is 0 Å². The van der Waals surface area contributed by atoms with E-state index in [1.165, 1.54) is 49.6 Å². The molecular formula is C63H42N2O2. The summed E-state index contributed by atoms with van der Waals surface area (Å²) in [5.41, 5.74) is 19.8. The van der Waals surface area contributed by atoms with Crippen LogP contribution in [-0.2, 0) is 5.41 Å². The maximum absolute atomic E-state index is 6.76. The summed E-state index contributed by atoms with van der Waals surface area (Å²) in [5, 5.41) is 6.88. The van der Waals surface area contributed by atoms with Gasteiger partial charge in [-0.2, -0.15) is 0 Å². The summed E-state index contributed by atoms with van der Waals surface area (Å²) in [6.07, 6.45) is 0. The number of para-hydroxylation sites is 4. The molecule has 0 unspecified atom stereocenters. The van der Waals surface area contributed by atoms with Gasteiger partial charge in [-0.25, -0.2) is 0 Å². The lowest BCUT2D eigenvalue weighted by atomic mass is 9.82. The van der Waals surface area contributed by atoms with E-state index in [-0.39, 0.29) is 5.41 Å². The van der Waals surface area contributed by atoms with Crippen LogP contribution in [0.1, 0.15) is 25.0 Å². The van der Waals surface area contributed by atoms with Crippen molar-refractivity contribution in [3.05, 3.63) is 230 Å². The minimum absolute atomic E-state index is 0.149. The van der Waals surface area contributed by atoms with Crippen molar-refractivity contribution in [2.24, 2.45) is 0 Å². The number of benzene rings is 10. The average molecular weight is 859 g/mol. The number of fused-ring (bicyclic) bond motifs is 12. The van der Waals surface area contributed by atoms with Gasteiger partial charge in [0, 0.05) is 54.7 Å². The topological polar surface area (TPSA) is 34.5 Å². The van der Waals surface area contributed by atoms with Gasteiger partial charge in [-0.15, -0.1) is 0 Å². The van der Waals surface area contributed by atoms with Crippen molar-refractivity contribution in [2.45, 2.75) is 19.3 Å². The molecule has 14 rings (SSSR count). The third-order valence-corrected chi connectivity index (χ3v) is 14.4. The zero-order valence-electron chi connectivity index (χ0n) is 37.0. The molecule has 0 aliphatic heterocycles. The van der Waals surface area contributed by atoms with Crippen molar-refractivity contribution in [1.82, 2.24) is 4.57 Å². The minimum atomic E-state index is -0.149. The molecular weight excluding hydrogens is 817 g/mol. The number of anilines is 3. The second kappa shape index (κ2) is 14.2. The molecule has 0 bridgehead atoms. The highest BCUT2D eigenvalue weighted by Gasteiger charge is 2.38. The van der Waals surface area contributed by atoms with Gasteiger partial charge in [0.2, 0.25) is 0 Å². The molecule has 0 radical (unpaired) electrons. The van der Waals surface area contributed by atoms with E-state index in [1.807, 2.05) is 6.07 Å². The molecule has 13 aromatic rings. The summed E-state index contributed by atoms with van der Waals surface area (Å²) in [6.45, 7) is 4.68. The first-order chi connectivity index (χ1) is 33.0. The van der Waals surface area contributed by atoms with Gasteiger partial charge in [-0.3, -0.25) is 0 Å². The van der Waals surface area contributed by atoms with E-state index in [0.717, 1.165) is 83.3 Å². The van der Waals surface area contributed by atoms with Crippen LogP contribution in [0.15, 0.2) is 227 Å². The highest BCUT2D eigenvalue weighted by Crippen LogP contribution is 2.55. The Bertz CT molecular complexity index is 4130. The first-order valence-corrected chi connectivity index (χ1v) is 23.1. The van der Waals surface area contributed by atoms with Gasteiger partial charge in [0.15, 0.2) is 5.58 Å². The van der Waals surface area contributed by atoms with Gasteiger partial charge in [-0.05, 0) is 118 Å². The van der Waals surface area contributed by atoms with E-state index in [0.29, 0.717) is 0 Å². The molecule has 1 aliphatic carbocycles. The average Bonchev–Trinajstić information content (AvgIpc) is 4.11. The summed E-state index contributed by atoms with van der Waals surface area (Å²) < 4.78 is 15.7. The second-order valence-electron chi connectivity index (χ2n) is 18.4. The molecule has 0 amide bonds. The zero-order chi connectivity index (χ0) is 44.4. The molecule has 4 nitrogen and oxygen atoms in total. The van der Waals surface area contributed by atoms with Gasteiger partial charge in [0.05, 0.1) is 22.4 Å². The van der Waals surface area contributed by atoms with E-state index in [1.54, 1.807) is 0 Å². The Morgan fingerprint density at radius 2 is 1.01 bits per heavy atom. The Kier molecular flexibility index (Phi) is 8.00. The maximum atomic E-state index is 6.76. The molecule has 3 heterocycles. The quantitative estimate of drug-likeness (QED) is 0.167. The van der Waals surface area contributed by atoms with Crippen molar-refractivity contribution in [2.75, 3.05) is 4.90 Å². The van der Waals surface area contributed by atoms with Gasteiger partial charge in [-0.1, -0.05) is 153 Å². The summed E-state index contributed by atoms with van der Waals surface area (Å²) in [6, 6.07) is 78.8. The van der Waals surface area contributed by atoms with Crippen molar-refractivity contribution in [3.8, 4) is 39.1 Å². The Morgan fingerprint density at radius 3 is 1.90 bits per heavy atom. The highest BCUT2D eigenvalue weighted by molar-refractivity contribution is 6.15. The predicted octanol–water partition coefficient (Wildman–Crippen LogP) is 17.7. The van der Waals surface area contributed by atoms with E-state index < -0.39 is 0 Å². The minimum Gasteiger partial charge on any atom is -0.456 e. The summed E-state index contributed by atoms with van der Waals surface area (Å²) in [5.74, 6) is 0. The molecule has 0 atom stereocenters. The van der Waals surface area contributed by atoms with Gasteiger partial charge in [0.1, 0.15) is 16.7 Å². The van der Waals surface area contributed by atoms with Crippen LogP contribution in [0, 0.1) is 0 Å². The fraction of sp³-hybridized carbons (Fsp3) is 0.0476. The summed E-state index contributed by atoms with van der Waals surface area (Å²) in [7, 11) is 0. The Morgan fingerprint density at radius 1 is 0.403 bits per heavy atom. The zero-order valence-corrected chi connectivity index (χ0v) is 37.0. The number of rotatable bonds is 6. The number of hydrogen-bond donors (Lipinski definition) is 0. The number of aromatic nitrogens is 1. The largest absolute Gasteiger partial charge is 0.456 e. The second-order valence-corrected chi connectivity index (χ2v) is 18.4. The first kappa shape index (κ1) is 37.7. The van der Waals surface area contributed by atoms with Gasteiger partial charge < -0.3 is 18.3 Å². The predicted molar refractivity (Wildman–Crippen MR) is 278 cm³/mol. The van der Waals surface area contributed by atoms with Crippen molar-refractivity contribution < 1.29 is 8.83 Å². The molecule has 0 saturated heterocycles. The Labute approximate surface area is 387 Å². The van der Waals surface area contributed by atoms with Crippen LogP contribution in [0.4, 0.5) is 17.1 Å². The molecule has 3 aromatic heterocycles. The third-order valence-electron chi connectivity index (χ3n) is 14.4. The van der Waals surface area contributed by atoms with Gasteiger partial charge in [0.25, 0.3) is 0 Å². The van der Waals surface area contributed by atoms with Crippen LogP contribution < -0.4 is 4.90 Å². The summed E-state index contributed by atoms with van der Waals surface area (Å²) >= 11 is 0. The molecule has 1 aliphatic rings. The Balaban J connectivity index is 0.915. The van der Waals surface area contributed by atoms with Crippen LogP contribution >= 0.6 is 0 Å². The molecule has 4 heteroatoms. The smallest absolute Gasteiger partial charge is 0.159 e. The van der Waals surface area contributed by atoms with Crippen LogP contribution in [-0.4, -0.2) is 4.57 Å².